The lowest BCUT2D eigenvalue weighted by Crippen LogP contribution is -2.07. The number of nitrogens with one attached hydrogen (secondary N) is 1. The van der Waals surface area contributed by atoms with Crippen molar-refractivity contribution in [2.45, 2.75) is 19.8 Å². The van der Waals surface area contributed by atoms with E-state index in [4.69, 9.17) is 4.42 Å². The van der Waals surface area contributed by atoms with Crippen molar-refractivity contribution >= 4 is 32.7 Å². The van der Waals surface area contributed by atoms with E-state index < -0.39 is 0 Å². The fraction of sp³-hybridized carbons (Fsp3) is 0.135. The first-order valence-electron chi connectivity index (χ1n) is 14.6. The molecule has 6 heteroatoms. The Morgan fingerprint density at radius 2 is 1.16 bits per heavy atom. The molecule has 8 aromatic rings. The highest BCUT2D eigenvalue weighted by Crippen LogP contribution is 2.44. The molecule has 0 spiro atoms. The number of hydrogen-bond donors (Lipinski definition) is 1. The SMILES string of the molecule is Cc1c(C(c2ccc(-c3nnc(-c4c[nH]c5ccccc45)o3)cc2)c2c(C)n(C)c3ccccc23)c2ccccc2n1C. The topological polar surface area (TPSA) is 64.6 Å². The number of nitrogens with zero attached hydrogens (tertiary/aromatic N) is 4. The van der Waals surface area contributed by atoms with Crippen LogP contribution in [0.25, 0.3) is 55.6 Å². The molecule has 0 atom stereocenters. The number of H-pyrrole nitrogens is 1. The molecular weight excluding hydrogens is 530 g/mol. The lowest BCUT2D eigenvalue weighted by atomic mass is 9.82. The molecule has 0 unspecified atom stereocenters. The van der Waals surface area contributed by atoms with Crippen molar-refractivity contribution in [2.75, 3.05) is 0 Å². The van der Waals surface area contributed by atoms with E-state index in [2.05, 4.69) is 131 Å². The van der Waals surface area contributed by atoms with Crippen LogP contribution in [0.3, 0.4) is 0 Å². The van der Waals surface area contributed by atoms with Crippen LogP contribution in [-0.4, -0.2) is 24.3 Å². The summed E-state index contributed by atoms with van der Waals surface area (Å²) in [7, 11) is 4.33. The van der Waals surface area contributed by atoms with Gasteiger partial charge < -0.3 is 18.5 Å². The van der Waals surface area contributed by atoms with Crippen LogP contribution in [0.1, 0.15) is 34.0 Å². The van der Waals surface area contributed by atoms with E-state index in [9.17, 15) is 0 Å². The second-order valence-corrected chi connectivity index (χ2v) is 11.4. The average Bonchev–Trinajstić information content (AvgIpc) is 3.81. The predicted molar refractivity (Wildman–Crippen MR) is 173 cm³/mol. The Kier molecular flexibility index (Phi) is 5.66. The highest BCUT2D eigenvalue weighted by molar-refractivity contribution is 5.94. The van der Waals surface area contributed by atoms with Crippen LogP contribution in [0.2, 0.25) is 0 Å². The zero-order valence-corrected chi connectivity index (χ0v) is 24.6. The zero-order chi connectivity index (χ0) is 29.2. The van der Waals surface area contributed by atoms with Gasteiger partial charge in [-0.15, -0.1) is 10.2 Å². The Bertz CT molecular complexity index is 2210. The van der Waals surface area contributed by atoms with Gasteiger partial charge in [-0.05, 0) is 60.9 Å². The van der Waals surface area contributed by atoms with Crippen molar-refractivity contribution < 1.29 is 4.42 Å². The van der Waals surface area contributed by atoms with Gasteiger partial charge in [0, 0.05) is 75.9 Å². The summed E-state index contributed by atoms with van der Waals surface area (Å²) in [6.07, 6.45) is 1.93. The van der Waals surface area contributed by atoms with Crippen LogP contribution in [0.5, 0.6) is 0 Å². The number of hydrogen-bond acceptors (Lipinski definition) is 3. The third-order valence-electron chi connectivity index (χ3n) is 9.21. The number of rotatable bonds is 5. The molecule has 0 bridgehead atoms. The summed E-state index contributed by atoms with van der Waals surface area (Å²) >= 11 is 0. The third kappa shape index (κ3) is 3.79. The number of benzene rings is 4. The number of aromatic nitrogens is 5. The number of fused-ring (bicyclic) bond motifs is 3. The van der Waals surface area contributed by atoms with E-state index in [0.717, 1.165) is 22.0 Å². The molecule has 0 aliphatic rings. The van der Waals surface area contributed by atoms with Gasteiger partial charge in [0.1, 0.15) is 0 Å². The molecule has 0 aliphatic heterocycles. The Balaban J connectivity index is 1.28. The van der Waals surface area contributed by atoms with E-state index in [1.165, 1.54) is 49.9 Å². The van der Waals surface area contributed by atoms with Crippen molar-refractivity contribution in [3.63, 3.8) is 0 Å². The van der Waals surface area contributed by atoms with Gasteiger partial charge in [0.05, 0.1) is 5.56 Å². The van der Waals surface area contributed by atoms with Gasteiger partial charge in [-0.2, -0.15) is 0 Å². The highest BCUT2D eigenvalue weighted by atomic mass is 16.4. The van der Waals surface area contributed by atoms with Crippen molar-refractivity contribution in [1.82, 2.24) is 24.3 Å². The second kappa shape index (κ2) is 9.60. The van der Waals surface area contributed by atoms with Crippen LogP contribution >= 0.6 is 0 Å². The number of para-hydroxylation sites is 3. The first kappa shape index (κ1) is 25.4. The standard InChI is InChI=1S/C37H31N5O/c1-22-33(27-12-6-9-15-31(27)41(22)3)35(34-23(2)42(4)32-16-10-7-13-28(32)34)24-17-19-25(20-18-24)36-39-40-37(43-36)29-21-38-30-14-8-5-11-26(29)30/h5-21,35,38H,1-4H3. The lowest BCUT2D eigenvalue weighted by molar-refractivity contribution is 0.585. The number of aryl methyl sites for hydroxylation is 2. The van der Waals surface area contributed by atoms with E-state index in [1.807, 2.05) is 24.4 Å². The molecule has 0 amide bonds. The summed E-state index contributed by atoms with van der Waals surface area (Å²) in [6.45, 7) is 4.48. The lowest BCUT2D eigenvalue weighted by Gasteiger charge is -2.21. The smallest absolute Gasteiger partial charge is 0.250 e. The highest BCUT2D eigenvalue weighted by Gasteiger charge is 2.29. The fourth-order valence-corrected chi connectivity index (χ4v) is 6.82. The Hall–Kier alpha value is -5.36. The van der Waals surface area contributed by atoms with Crippen LogP contribution in [0.4, 0.5) is 0 Å². The predicted octanol–water partition coefficient (Wildman–Crippen LogP) is 8.67. The molecule has 4 aromatic heterocycles. The fourth-order valence-electron chi connectivity index (χ4n) is 6.82. The minimum atomic E-state index is 0.0377. The summed E-state index contributed by atoms with van der Waals surface area (Å²) in [6, 6.07) is 34.2. The molecule has 0 radical (unpaired) electrons. The summed E-state index contributed by atoms with van der Waals surface area (Å²) in [5.74, 6) is 1.05. The van der Waals surface area contributed by atoms with E-state index >= 15 is 0 Å². The van der Waals surface area contributed by atoms with Crippen molar-refractivity contribution in [3.05, 3.63) is 131 Å². The third-order valence-corrected chi connectivity index (χ3v) is 9.21. The van der Waals surface area contributed by atoms with Crippen molar-refractivity contribution in [3.8, 4) is 22.9 Å². The largest absolute Gasteiger partial charge is 0.416 e. The minimum Gasteiger partial charge on any atom is -0.416 e. The van der Waals surface area contributed by atoms with Crippen LogP contribution in [0.15, 0.2) is 108 Å². The van der Waals surface area contributed by atoms with Crippen molar-refractivity contribution in [1.29, 1.82) is 0 Å². The molecule has 210 valence electrons. The first-order chi connectivity index (χ1) is 21.0. The molecule has 8 rings (SSSR count). The van der Waals surface area contributed by atoms with E-state index in [0.29, 0.717) is 11.8 Å². The Morgan fingerprint density at radius 1 is 0.628 bits per heavy atom. The summed E-state index contributed by atoms with van der Waals surface area (Å²) < 4.78 is 10.8. The number of aromatic amines is 1. The van der Waals surface area contributed by atoms with Gasteiger partial charge in [0.25, 0.3) is 0 Å². The normalized spacial score (nSPS) is 11.9. The first-order valence-corrected chi connectivity index (χ1v) is 14.6. The molecule has 0 fully saturated rings. The summed E-state index contributed by atoms with van der Waals surface area (Å²) in [5, 5.41) is 12.4. The van der Waals surface area contributed by atoms with E-state index in [-0.39, 0.29) is 5.92 Å². The summed E-state index contributed by atoms with van der Waals surface area (Å²) in [5.41, 5.74) is 11.8. The van der Waals surface area contributed by atoms with Gasteiger partial charge in [-0.1, -0.05) is 66.7 Å². The molecule has 0 saturated carbocycles. The molecule has 6 nitrogen and oxygen atoms in total. The Labute approximate surface area is 249 Å². The van der Waals surface area contributed by atoms with E-state index in [1.54, 1.807) is 0 Å². The Morgan fingerprint density at radius 3 is 1.79 bits per heavy atom. The monoisotopic (exact) mass is 561 g/mol. The van der Waals surface area contributed by atoms with Crippen LogP contribution < -0.4 is 0 Å². The zero-order valence-electron chi connectivity index (χ0n) is 24.6. The van der Waals surface area contributed by atoms with Gasteiger partial charge in [0.2, 0.25) is 11.8 Å². The minimum absolute atomic E-state index is 0.0377. The average molecular weight is 562 g/mol. The van der Waals surface area contributed by atoms with Gasteiger partial charge >= 0.3 is 0 Å². The molecule has 43 heavy (non-hydrogen) atoms. The molecule has 1 N–H and O–H groups in total. The van der Waals surface area contributed by atoms with Crippen LogP contribution in [0, 0.1) is 13.8 Å². The maximum Gasteiger partial charge on any atom is 0.250 e. The van der Waals surface area contributed by atoms with Gasteiger partial charge in [-0.3, -0.25) is 0 Å². The van der Waals surface area contributed by atoms with Gasteiger partial charge in [-0.25, -0.2) is 0 Å². The maximum atomic E-state index is 6.20. The van der Waals surface area contributed by atoms with Crippen molar-refractivity contribution in [2.24, 2.45) is 14.1 Å². The van der Waals surface area contributed by atoms with Crippen LogP contribution in [-0.2, 0) is 14.1 Å². The molecule has 0 aliphatic carbocycles. The second-order valence-electron chi connectivity index (χ2n) is 11.4. The molecular formula is C37H31N5O. The molecule has 4 heterocycles. The van der Waals surface area contributed by atoms with Gasteiger partial charge in [0.15, 0.2) is 0 Å². The quantitative estimate of drug-likeness (QED) is 0.229. The maximum absolute atomic E-state index is 6.20. The summed E-state index contributed by atoms with van der Waals surface area (Å²) in [4.78, 5) is 3.29. The molecule has 0 saturated heterocycles. The molecule has 4 aromatic carbocycles.